The quantitative estimate of drug-likeness (QED) is 0.155. The first-order chi connectivity index (χ1) is 26.3. The van der Waals surface area contributed by atoms with Crippen molar-refractivity contribution < 1.29 is 0 Å². The summed E-state index contributed by atoms with van der Waals surface area (Å²) >= 11 is 0. The third kappa shape index (κ3) is 6.30. The zero-order valence-corrected chi connectivity index (χ0v) is 29.3. The van der Waals surface area contributed by atoms with Crippen molar-refractivity contribution in [2.75, 3.05) is 4.90 Å². The molecule has 1 heteroatoms. The van der Waals surface area contributed by atoms with Gasteiger partial charge in [-0.3, -0.25) is 0 Å². The van der Waals surface area contributed by atoms with Gasteiger partial charge in [-0.25, -0.2) is 0 Å². The maximum absolute atomic E-state index is 2.43. The average Bonchev–Trinajstić information content (AvgIpc) is 3.25. The Morgan fingerprint density at radius 1 is 0.245 bits per heavy atom. The van der Waals surface area contributed by atoms with Crippen molar-refractivity contribution in [2.24, 2.45) is 0 Å². The van der Waals surface area contributed by atoms with Crippen LogP contribution in [-0.4, -0.2) is 0 Å². The van der Waals surface area contributed by atoms with E-state index in [0.717, 1.165) is 22.6 Å². The number of fused-ring (bicyclic) bond motifs is 1. The lowest BCUT2D eigenvalue weighted by Gasteiger charge is -2.29. The van der Waals surface area contributed by atoms with Crippen molar-refractivity contribution in [2.45, 2.75) is 0 Å². The molecule has 9 rings (SSSR count). The first-order valence-electron chi connectivity index (χ1n) is 18.2. The Morgan fingerprint density at radius 3 is 1.40 bits per heavy atom. The number of benzene rings is 9. The van der Waals surface area contributed by atoms with E-state index in [9.17, 15) is 0 Å². The Morgan fingerprint density at radius 2 is 0.698 bits per heavy atom. The number of hydrogen-bond acceptors (Lipinski definition) is 1. The molecule has 0 aliphatic heterocycles. The molecule has 0 unspecified atom stereocenters. The summed E-state index contributed by atoms with van der Waals surface area (Å²) in [7, 11) is 0. The molecule has 0 aliphatic carbocycles. The van der Waals surface area contributed by atoms with Crippen molar-refractivity contribution in [1.82, 2.24) is 0 Å². The van der Waals surface area contributed by atoms with Gasteiger partial charge in [-0.2, -0.15) is 0 Å². The zero-order chi connectivity index (χ0) is 35.4. The second kappa shape index (κ2) is 14.3. The van der Waals surface area contributed by atoms with Crippen molar-refractivity contribution in [1.29, 1.82) is 0 Å². The van der Waals surface area contributed by atoms with Crippen molar-refractivity contribution in [3.05, 3.63) is 224 Å². The lowest BCUT2D eigenvalue weighted by Crippen LogP contribution is -2.12. The molecule has 0 fully saturated rings. The van der Waals surface area contributed by atoms with Crippen LogP contribution in [0.5, 0.6) is 0 Å². The molecule has 0 spiro atoms. The normalized spacial score (nSPS) is 11.0. The fourth-order valence-electron chi connectivity index (χ4n) is 7.54. The van der Waals surface area contributed by atoms with Gasteiger partial charge in [0, 0.05) is 16.6 Å². The summed E-state index contributed by atoms with van der Waals surface area (Å²) in [5.41, 5.74) is 15.3. The fraction of sp³-hybridized carbons (Fsp3) is 0. The molecule has 0 aromatic heterocycles. The van der Waals surface area contributed by atoms with E-state index in [2.05, 4.69) is 229 Å². The van der Waals surface area contributed by atoms with Crippen LogP contribution in [0, 0.1) is 0 Å². The Hall–Kier alpha value is -6.96. The minimum atomic E-state index is 1.10. The standard InChI is InChI=1S/C52H37N/c1-4-17-38(18-5-1)40-31-34-44(35-32-40)53(51-30-16-24-41-23-10-11-25-45(41)51)52-29-15-14-28-49(52)47-27-13-12-26-46(47)48-36-33-43(39-19-6-2-7-20-39)37-50(48)42-21-8-3-9-22-42/h1-37H. The maximum Gasteiger partial charge on any atom is 0.0540 e. The maximum atomic E-state index is 2.43. The average molecular weight is 676 g/mol. The Balaban J connectivity index is 1.25. The molecular formula is C52H37N. The summed E-state index contributed by atoms with van der Waals surface area (Å²) in [6.07, 6.45) is 0. The van der Waals surface area contributed by atoms with E-state index in [1.54, 1.807) is 0 Å². The number of anilines is 3. The number of rotatable bonds is 8. The van der Waals surface area contributed by atoms with E-state index in [1.807, 2.05) is 0 Å². The molecule has 0 bridgehead atoms. The Labute approximate surface area is 311 Å². The zero-order valence-electron chi connectivity index (χ0n) is 29.3. The first-order valence-corrected chi connectivity index (χ1v) is 18.2. The summed E-state index contributed by atoms with van der Waals surface area (Å²) < 4.78 is 0. The summed E-state index contributed by atoms with van der Waals surface area (Å²) in [6, 6.07) is 80.9. The van der Waals surface area contributed by atoms with Gasteiger partial charge in [0.1, 0.15) is 0 Å². The molecule has 250 valence electrons. The van der Waals surface area contributed by atoms with Crippen LogP contribution in [0.1, 0.15) is 0 Å². The lowest BCUT2D eigenvalue weighted by atomic mass is 9.87. The largest absolute Gasteiger partial charge is 0.309 e. The third-order valence-electron chi connectivity index (χ3n) is 10.1. The molecule has 53 heavy (non-hydrogen) atoms. The lowest BCUT2D eigenvalue weighted by molar-refractivity contribution is 1.30. The molecule has 0 aliphatic rings. The Kier molecular flexibility index (Phi) is 8.66. The summed E-state index contributed by atoms with van der Waals surface area (Å²) in [4.78, 5) is 2.43. The second-order valence-corrected chi connectivity index (χ2v) is 13.3. The van der Waals surface area contributed by atoms with Gasteiger partial charge in [-0.15, -0.1) is 0 Å². The smallest absolute Gasteiger partial charge is 0.0540 e. The van der Waals surface area contributed by atoms with Crippen LogP contribution in [-0.2, 0) is 0 Å². The van der Waals surface area contributed by atoms with Crippen molar-refractivity contribution >= 4 is 27.8 Å². The number of para-hydroxylation sites is 1. The van der Waals surface area contributed by atoms with Gasteiger partial charge in [0.05, 0.1) is 11.4 Å². The molecule has 0 atom stereocenters. The van der Waals surface area contributed by atoms with Gasteiger partial charge < -0.3 is 4.90 Å². The van der Waals surface area contributed by atoms with Crippen LogP contribution in [0.3, 0.4) is 0 Å². The molecule has 0 saturated carbocycles. The predicted molar refractivity (Wildman–Crippen MR) is 226 cm³/mol. The van der Waals surface area contributed by atoms with Crippen LogP contribution in [0.15, 0.2) is 224 Å². The van der Waals surface area contributed by atoms with E-state index < -0.39 is 0 Å². The predicted octanol–water partition coefficient (Wildman–Crippen LogP) is 14.6. The van der Waals surface area contributed by atoms with Crippen LogP contribution >= 0.6 is 0 Å². The van der Waals surface area contributed by atoms with Gasteiger partial charge in [0.2, 0.25) is 0 Å². The van der Waals surface area contributed by atoms with E-state index in [1.165, 1.54) is 60.8 Å². The molecule has 9 aromatic carbocycles. The number of hydrogen-bond donors (Lipinski definition) is 0. The highest BCUT2D eigenvalue weighted by Gasteiger charge is 2.21. The van der Waals surface area contributed by atoms with E-state index in [4.69, 9.17) is 0 Å². The van der Waals surface area contributed by atoms with Crippen LogP contribution in [0.25, 0.3) is 66.4 Å². The molecule has 0 N–H and O–H groups in total. The molecular weight excluding hydrogens is 639 g/mol. The summed E-state index contributed by atoms with van der Waals surface area (Å²) in [6.45, 7) is 0. The number of nitrogens with zero attached hydrogens (tertiary/aromatic N) is 1. The molecule has 1 nitrogen and oxygen atoms in total. The highest BCUT2D eigenvalue weighted by molar-refractivity contribution is 6.03. The van der Waals surface area contributed by atoms with Gasteiger partial charge in [-0.05, 0) is 85.8 Å². The van der Waals surface area contributed by atoms with Crippen LogP contribution in [0.4, 0.5) is 17.1 Å². The van der Waals surface area contributed by atoms with Gasteiger partial charge in [0.25, 0.3) is 0 Å². The van der Waals surface area contributed by atoms with Gasteiger partial charge in [0.15, 0.2) is 0 Å². The van der Waals surface area contributed by atoms with Crippen molar-refractivity contribution in [3.63, 3.8) is 0 Å². The highest BCUT2D eigenvalue weighted by atomic mass is 15.1. The molecule has 9 aromatic rings. The molecule has 0 heterocycles. The van der Waals surface area contributed by atoms with E-state index in [-0.39, 0.29) is 0 Å². The van der Waals surface area contributed by atoms with E-state index in [0.29, 0.717) is 0 Å². The molecule has 0 radical (unpaired) electrons. The SMILES string of the molecule is c1ccc(-c2ccc(N(c3ccccc3-c3ccccc3-c3ccc(-c4ccccc4)cc3-c3ccccc3)c3cccc4ccccc34)cc2)cc1. The topological polar surface area (TPSA) is 3.24 Å². The first kappa shape index (κ1) is 32.0. The fourth-order valence-corrected chi connectivity index (χ4v) is 7.54. The highest BCUT2D eigenvalue weighted by Crippen LogP contribution is 2.47. The van der Waals surface area contributed by atoms with E-state index >= 15 is 0 Å². The van der Waals surface area contributed by atoms with Crippen molar-refractivity contribution in [3.8, 4) is 55.6 Å². The second-order valence-electron chi connectivity index (χ2n) is 13.3. The van der Waals surface area contributed by atoms with Crippen LogP contribution < -0.4 is 4.90 Å². The minimum Gasteiger partial charge on any atom is -0.309 e. The molecule has 0 saturated heterocycles. The van der Waals surface area contributed by atoms with Gasteiger partial charge in [-0.1, -0.05) is 194 Å². The summed E-state index contributed by atoms with van der Waals surface area (Å²) in [5, 5.41) is 2.41. The summed E-state index contributed by atoms with van der Waals surface area (Å²) in [5.74, 6) is 0. The minimum absolute atomic E-state index is 1.10. The third-order valence-corrected chi connectivity index (χ3v) is 10.1. The Bertz CT molecular complexity index is 2640. The molecule has 0 amide bonds. The van der Waals surface area contributed by atoms with Crippen LogP contribution in [0.2, 0.25) is 0 Å². The van der Waals surface area contributed by atoms with Gasteiger partial charge >= 0.3 is 0 Å². The monoisotopic (exact) mass is 675 g/mol.